The van der Waals surface area contributed by atoms with Crippen LogP contribution < -0.4 is 10.1 Å². The quantitative estimate of drug-likeness (QED) is 0.582. The van der Waals surface area contributed by atoms with Gasteiger partial charge in [0.25, 0.3) is 0 Å². The van der Waals surface area contributed by atoms with Gasteiger partial charge in [0, 0.05) is 43.6 Å². The Kier molecular flexibility index (Phi) is 8.42. The third kappa shape index (κ3) is 6.67. The summed E-state index contributed by atoms with van der Waals surface area (Å²) in [4.78, 5) is 39.2. The Hall–Kier alpha value is -3.15. The molecule has 6 heteroatoms. The van der Waals surface area contributed by atoms with E-state index in [4.69, 9.17) is 4.74 Å². The third-order valence-corrected chi connectivity index (χ3v) is 6.02. The number of nitrogens with one attached hydrogen (secondary N) is 1. The summed E-state index contributed by atoms with van der Waals surface area (Å²) in [6, 6.07) is 14.7. The lowest BCUT2D eigenvalue weighted by Crippen LogP contribution is -2.40. The molecule has 1 atom stereocenters. The largest absolute Gasteiger partial charge is 0.497 e. The molecule has 0 aromatic heterocycles. The van der Waals surface area contributed by atoms with Crippen LogP contribution in [0.15, 0.2) is 48.5 Å². The van der Waals surface area contributed by atoms with Crippen LogP contribution >= 0.6 is 0 Å². The smallest absolute Gasteiger partial charge is 0.224 e. The number of carbonyl (C=O) groups excluding carboxylic acids is 3. The van der Waals surface area contributed by atoms with E-state index in [-0.39, 0.29) is 30.4 Å². The van der Waals surface area contributed by atoms with E-state index in [1.165, 1.54) is 0 Å². The molecule has 1 aliphatic heterocycles. The van der Waals surface area contributed by atoms with Crippen LogP contribution in [0.2, 0.25) is 0 Å². The van der Waals surface area contributed by atoms with Gasteiger partial charge in [-0.15, -0.1) is 0 Å². The normalized spacial score (nSPS) is 15.8. The maximum atomic E-state index is 12.6. The minimum absolute atomic E-state index is 0.00185. The number of ether oxygens (including phenoxy) is 1. The first-order chi connectivity index (χ1) is 15.5. The second-order valence-corrected chi connectivity index (χ2v) is 8.40. The number of benzene rings is 2. The van der Waals surface area contributed by atoms with E-state index in [1.807, 2.05) is 48.2 Å². The number of piperidine rings is 1. The van der Waals surface area contributed by atoms with Gasteiger partial charge in [-0.2, -0.15) is 0 Å². The first-order valence-corrected chi connectivity index (χ1v) is 11.3. The molecule has 0 bridgehead atoms. The molecule has 1 saturated heterocycles. The molecule has 0 unspecified atom stereocenters. The molecular formula is C26H32N2O4. The van der Waals surface area contributed by atoms with Gasteiger partial charge < -0.3 is 15.0 Å². The Morgan fingerprint density at radius 1 is 1.06 bits per heavy atom. The van der Waals surface area contributed by atoms with Gasteiger partial charge in [0.1, 0.15) is 5.75 Å². The number of methoxy groups -OCH3 is 1. The predicted molar refractivity (Wildman–Crippen MR) is 125 cm³/mol. The Bertz CT molecular complexity index is 942. The standard InChI is InChI=1S/C26H32N2O4/c1-19-17-22(32-2)11-12-23(19)27-25(30)14-10-20-7-6-16-28(18-20)26(31)15-13-24(29)21-8-4-3-5-9-21/h3-5,8-9,11-12,17,20H,6-7,10,13-16,18H2,1-2H3,(H,27,30)/t20-/m0/s1. The van der Waals surface area contributed by atoms with Gasteiger partial charge >= 0.3 is 0 Å². The molecule has 2 aromatic carbocycles. The van der Waals surface area contributed by atoms with Crippen molar-refractivity contribution in [3.05, 3.63) is 59.7 Å². The minimum Gasteiger partial charge on any atom is -0.497 e. The maximum absolute atomic E-state index is 12.6. The van der Waals surface area contributed by atoms with E-state index in [2.05, 4.69) is 5.32 Å². The highest BCUT2D eigenvalue weighted by atomic mass is 16.5. The average molecular weight is 437 g/mol. The van der Waals surface area contributed by atoms with Crippen molar-refractivity contribution in [3.63, 3.8) is 0 Å². The second-order valence-electron chi connectivity index (χ2n) is 8.40. The van der Waals surface area contributed by atoms with Gasteiger partial charge in [-0.05, 0) is 55.9 Å². The number of Topliss-reactive ketones (excluding diaryl/α,β-unsaturated/α-hetero) is 1. The third-order valence-electron chi connectivity index (χ3n) is 6.02. The highest BCUT2D eigenvalue weighted by molar-refractivity contribution is 5.97. The van der Waals surface area contributed by atoms with Crippen molar-refractivity contribution < 1.29 is 19.1 Å². The van der Waals surface area contributed by atoms with Crippen LogP contribution in [0, 0.1) is 12.8 Å². The highest BCUT2D eigenvalue weighted by Gasteiger charge is 2.24. The topological polar surface area (TPSA) is 75.7 Å². The molecule has 2 amide bonds. The van der Waals surface area contributed by atoms with Crippen molar-refractivity contribution in [2.24, 2.45) is 5.92 Å². The van der Waals surface area contributed by atoms with Crippen molar-refractivity contribution in [3.8, 4) is 5.75 Å². The Balaban J connectivity index is 1.42. The van der Waals surface area contributed by atoms with E-state index in [0.717, 1.165) is 42.8 Å². The van der Waals surface area contributed by atoms with E-state index in [1.54, 1.807) is 19.2 Å². The number of anilines is 1. The fourth-order valence-electron chi connectivity index (χ4n) is 4.13. The number of ketones is 1. The van der Waals surface area contributed by atoms with Crippen LogP contribution in [-0.4, -0.2) is 42.7 Å². The summed E-state index contributed by atoms with van der Waals surface area (Å²) in [6.45, 7) is 3.32. The monoisotopic (exact) mass is 436 g/mol. The number of hydrogen-bond acceptors (Lipinski definition) is 4. The molecule has 0 aliphatic carbocycles. The summed E-state index contributed by atoms with van der Waals surface area (Å²) >= 11 is 0. The van der Waals surface area contributed by atoms with Crippen molar-refractivity contribution in [1.82, 2.24) is 4.90 Å². The number of amides is 2. The number of likely N-dealkylation sites (tertiary alicyclic amines) is 1. The summed E-state index contributed by atoms with van der Waals surface area (Å²) in [5, 5.41) is 2.97. The van der Waals surface area contributed by atoms with Crippen molar-refractivity contribution in [2.75, 3.05) is 25.5 Å². The SMILES string of the molecule is COc1ccc(NC(=O)CC[C@@H]2CCCN(C(=O)CCC(=O)c3ccccc3)C2)c(C)c1. The molecule has 1 fully saturated rings. The van der Waals surface area contributed by atoms with Gasteiger partial charge in [0.2, 0.25) is 11.8 Å². The molecule has 170 valence electrons. The Morgan fingerprint density at radius 3 is 2.56 bits per heavy atom. The Labute approximate surface area is 189 Å². The lowest BCUT2D eigenvalue weighted by molar-refractivity contribution is -0.133. The molecule has 2 aromatic rings. The fourth-order valence-corrected chi connectivity index (χ4v) is 4.13. The lowest BCUT2D eigenvalue weighted by atomic mass is 9.93. The van der Waals surface area contributed by atoms with E-state index in [0.29, 0.717) is 24.4 Å². The zero-order chi connectivity index (χ0) is 22.9. The van der Waals surface area contributed by atoms with Crippen molar-refractivity contribution in [2.45, 2.75) is 45.4 Å². The van der Waals surface area contributed by atoms with Crippen LogP contribution in [0.1, 0.15) is 54.4 Å². The summed E-state index contributed by atoms with van der Waals surface area (Å²) in [7, 11) is 1.62. The van der Waals surface area contributed by atoms with Gasteiger partial charge in [-0.25, -0.2) is 0 Å². The fraction of sp³-hybridized carbons (Fsp3) is 0.423. The van der Waals surface area contributed by atoms with Crippen molar-refractivity contribution >= 4 is 23.3 Å². The van der Waals surface area contributed by atoms with Crippen molar-refractivity contribution in [1.29, 1.82) is 0 Å². The van der Waals surface area contributed by atoms with Crippen LogP contribution in [0.25, 0.3) is 0 Å². The van der Waals surface area contributed by atoms with Gasteiger partial charge in [0.15, 0.2) is 5.78 Å². The van der Waals surface area contributed by atoms with Crippen LogP contribution in [0.5, 0.6) is 5.75 Å². The Morgan fingerprint density at radius 2 is 1.84 bits per heavy atom. The molecule has 1 N–H and O–H groups in total. The first kappa shape index (κ1) is 23.5. The molecule has 1 aliphatic rings. The maximum Gasteiger partial charge on any atom is 0.224 e. The summed E-state index contributed by atoms with van der Waals surface area (Å²) < 4.78 is 5.20. The van der Waals surface area contributed by atoms with Gasteiger partial charge in [0.05, 0.1) is 7.11 Å². The summed E-state index contributed by atoms with van der Waals surface area (Å²) in [5.41, 5.74) is 2.39. The average Bonchev–Trinajstić information content (AvgIpc) is 2.83. The van der Waals surface area contributed by atoms with Gasteiger partial charge in [-0.3, -0.25) is 14.4 Å². The number of aryl methyl sites for hydroxylation is 1. The molecule has 0 saturated carbocycles. The lowest BCUT2D eigenvalue weighted by Gasteiger charge is -2.33. The molecule has 32 heavy (non-hydrogen) atoms. The van der Waals surface area contributed by atoms with Crippen LogP contribution in [0.3, 0.4) is 0 Å². The highest BCUT2D eigenvalue weighted by Crippen LogP contribution is 2.24. The minimum atomic E-state index is -0.0184. The summed E-state index contributed by atoms with van der Waals surface area (Å²) in [6.07, 6.45) is 3.58. The zero-order valence-corrected chi connectivity index (χ0v) is 18.9. The predicted octanol–water partition coefficient (Wildman–Crippen LogP) is 4.62. The number of rotatable bonds is 9. The molecule has 1 heterocycles. The van der Waals surface area contributed by atoms with E-state index < -0.39 is 0 Å². The molecule has 0 spiro atoms. The number of nitrogens with zero attached hydrogens (tertiary/aromatic N) is 1. The van der Waals surface area contributed by atoms with E-state index >= 15 is 0 Å². The molecule has 0 radical (unpaired) electrons. The molecular weight excluding hydrogens is 404 g/mol. The van der Waals surface area contributed by atoms with Crippen LogP contribution in [0.4, 0.5) is 5.69 Å². The number of hydrogen-bond donors (Lipinski definition) is 1. The molecule has 6 nitrogen and oxygen atoms in total. The number of carbonyl (C=O) groups is 3. The zero-order valence-electron chi connectivity index (χ0n) is 18.9. The van der Waals surface area contributed by atoms with Crippen LogP contribution in [-0.2, 0) is 9.59 Å². The summed E-state index contributed by atoms with van der Waals surface area (Å²) in [5.74, 6) is 1.07. The first-order valence-electron chi connectivity index (χ1n) is 11.3. The van der Waals surface area contributed by atoms with Gasteiger partial charge in [-0.1, -0.05) is 30.3 Å². The molecule has 3 rings (SSSR count). The second kappa shape index (κ2) is 11.5. The van der Waals surface area contributed by atoms with E-state index in [9.17, 15) is 14.4 Å².